The van der Waals surface area contributed by atoms with Gasteiger partial charge in [-0.05, 0) is 30.9 Å². The number of hydrogen-bond donors (Lipinski definition) is 2. The van der Waals surface area contributed by atoms with Gasteiger partial charge in [0.2, 0.25) is 5.91 Å². The number of aromatic amines is 1. The van der Waals surface area contributed by atoms with Gasteiger partial charge in [-0.1, -0.05) is 19.8 Å². The largest absolute Gasteiger partial charge is 0.357 e. The molecule has 2 aliphatic rings. The van der Waals surface area contributed by atoms with E-state index in [2.05, 4.69) is 22.1 Å². The van der Waals surface area contributed by atoms with Gasteiger partial charge in [-0.15, -0.1) is 0 Å². The average molecular weight is 332 g/mol. The van der Waals surface area contributed by atoms with Gasteiger partial charge in [-0.25, -0.2) is 0 Å². The maximum atomic E-state index is 12.3. The van der Waals surface area contributed by atoms with Gasteiger partial charge in [0.1, 0.15) is 5.69 Å². The first-order chi connectivity index (χ1) is 11.6. The zero-order valence-electron chi connectivity index (χ0n) is 14.5. The van der Waals surface area contributed by atoms with Gasteiger partial charge in [0, 0.05) is 38.4 Å². The fraction of sp³-hybridized carbons (Fsp3) is 0.667. The molecule has 0 radical (unpaired) electrons. The normalized spacial score (nSPS) is 25.5. The summed E-state index contributed by atoms with van der Waals surface area (Å²) in [5.41, 5.74) is 0.632. The summed E-state index contributed by atoms with van der Waals surface area (Å²) in [5.74, 6) is 0.880. The Morgan fingerprint density at radius 2 is 2.04 bits per heavy atom. The number of aromatic nitrogens is 1. The Bertz CT molecular complexity index is 549. The SMILES string of the molecule is C[C@@H]1CCC[C@@H](NC(=O)CN2CCN(C(=O)c3ccc[nH]3)CC2)C1. The summed E-state index contributed by atoms with van der Waals surface area (Å²) >= 11 is 0. The van der Waals surface area contributed by atoms with Crippen LogP contribution in [0.4, 0.5) is 0 Å². The molecule has 132 valence electrons. The third-order valence-electron chi connectivity index (χ3n) is 5.16. The second-order valence-electron chi connectivity index (χ2n) is 7.19. The molecule has 1 saturated carbocycles. The molecule has 2 atom stereocenters. The van der Waals surface area contributed by atoms with Crippen LogP contribution in [0.2, 0.25) is 0 Å². The van der Waals surface area contributed by atoms with E-state index in [4.69, 9.17) is 0 Å². The van der Waals surface area contributed by atoms with E-state index in [0.29, 0.717) is 37.3 Å². The van der Waals surface area contributed by atoms with Crippen LogP contribution in [0.25, 0.3) is 0 Å². The fourth-order valence-corrected chi connectivity index (χ4v) is 3.78. The molecular formula is C18H28N4O2. The number of piperazine rings is 1. The minimum absolute atomic E-state index is 0.0419. The molecular weight excluding hydrogens is 304 g/mol. The van der Waals surface area contributed by atoms with Crippen LogP contribution in [0.1, 0.15) is 43.1 Å². The molecule has 1 aromatic rings. The maximum Gasteiger partial charge on any atom is 0.270 e. The topological polar surface area (TPSA) is 68.4 Å². The van der Waals surface area contributed by atoms with Crippen LogP contribution in [0, 0.1) is 5.92 Å². The zero-order valence-corrected chi connectivity index (χ0v) is 14.5. The van der Waals surface area contributed by atoms with E-state index < -0.39 is 0 Å². The minimum atomic E-state index is 0.0419. The minimum Gasteiger partial charge on any atom is -0.357 e. The van der Waals surface area contributed by atoms with E-state index in [0.717, 1.165) is 25.9 Å². The lowest BCUT2D eigenvalue weighted by atomic mass is 9.87. The van der Waals surface area contributed by atoms with Gasteiger partial charge in [-0.2, -0.15) is 0 Å². The van der Waals surface area contributed by atoms with Crippen LogP contribution in [0.5, 0.6) is 0 Å². The third kappa shape index (κ3) is 4.38. The summed E-state index contributed by atoms with van der Waals surface area (Å²) in [7, 11) is 0. The Labute approximate surface area is 143 Å². The van der Waals surface area contributed by atoms with Crippen molar-refractivity contribution >= 4 is 11.8 Å². The molecule has 3 rings (SSSR count). The van der Waals surface area contributed by atoms with Crippen molar-refractivity contribution < 1.29 is 9.59 Å². The van der Waals surface area contributed by atoms with Crippen LogP contribution < -0.4 is 5.32 Å². The smallest absolute Gasteiger partial charge is 0.270 e. The average Bonchev–Trinajstić information content (AvgIpc) is 3.09. The summed E-state index contributed by atoms with van der Waals surface area (Å²) in [6.45, 7) is 5.55. The maximum absolute atomic E-state index is 12.3. The van der Waals surface area contributed by atoms with Gasteiger partial charge >= 0.3 is 0 Å². The summed E-state index contributed by atoms with van der Waals surface area (Å²) in [4.78, 5) is 31.5. The highest BCUT2D eigenvalue weighted by molar-refractivity contribution is 5.92. The molecule has 0 spiro atoms. The van der Waals surface area contributed by atoms with Crippen LogP contribution >= 0.6 is 0 Å². The second-order valence-corrected chi connectivity index (χ2v) is 7.19. The third-order valence-corrected chi connectivity index (χ3v) is 5.16. The molecule has 0 aromatic carbocycles. The van der Waals surface area contributed by atoms with Crippen molar-refractivity contribution in [3.05, 3.63) is 24.0 Å². The summed E-state index contributed by atoms with van der Waals surface area (Å²) in [5, 5.41) is 3.19. The molecule has 1 aromatic heterocycles. The predicted octanol–water partition coefficient (Wildman–Crippen LogP) is 1.47. The molecule has 2 heterocycles. The quantitative estimate of drug-likeness (QED) is 0.877. The Kier molecular flexibility index (Phi) is 5.56. The zero-order chi connectivity index (χ0) is 16.9. The molecule has 1 aliphatic heterocycles. The summed E-state index contributed by atoms with van der Waals surface area (Å²) in [6.07, 6.45) is 6.47. The number of hydrogen-bond acceptors (Lipinski definition) is 3. The molecule has 0 unspecified atom stereocenters. The molecule has 2 amide bonds. The molecule has 2 fully saturated rings. The van der Waals surface area contributed by atoms with E-state index in [1.165, 1.54) is 12.8 Å². The Morgan fingerprint density at radius 1 is 1.25 bits per heavy atom. The lowest BCUT2D eigenvalue weighted by molar-refractivity contribution is -0.123. The van der Waals surface area contributed by atoms with E-state index >= 15 is 0 Å². The predicted molar refractivity (Wildman–Crippen MR) is 92.7 cm³/mol. The van der Waals surface area contributed by atoms with Gasteiger partial charge in [0.15, 0.2) is 0 Å². The first-order valence-corrected chi connectivity index (χ1v) is 9.06. The number of carbonyl (C=O) groups excluding carboxylic acids is 2. The summed E-state index contributed by atoms with van der Waals surface area (Å²) in [6, 6.07) is 3.98. The van der Waals surface area contributed by atoms with E-state index in [-0.39, 0.29) is 11.8 Å². The monoisotopic (exact) mass is 332 g/mol. The van der Waals surface area contributed by atoms with Gasteiger partial charge in [-0.3, -0.25) is 14.5 Å². The highest BCUT2D eigenvalue weighted by Gasteiger charge is 2.25. The second kappa shape index (κ2) is 7.83. The lowest BCUT2D eigenvalue weighted by Crippen LogP contribution is -2.52. The molecule has 24 heavy (non-hydrogen) atoms. The van der Waals surface area contributed by atoms with E-state index in [1.54, 1.807) is 12.3 Å². The van der Waals surface area contributed by atoms with Gasteiger partial charge < -0.3 is 15.2 Å². The van der Waals surface area contributed by atoms with Crippen LogP contribution in [0.15, 0.2) is 18.3 Å². The fourth-order valence-electron chi connectivity index (χ4n) is 3.78. The highest BCUT2D eigenvalue weighted by atomic mass is 16.2. The molecule has 1 saturated heterocycles. The molecule has 2 N–H and O–H groups in total. The Balaban J connectivity index is 1.40. The van der Waals surface area contributed by atoms with Crippen molar-refractivity contribution in [2.45, 2.75) is 38.6 Å². The standard InChI is InChI=1S/C18H28N4O2/c1-14-4-2-5-15(12-14)20-17(23)13-21-8-10-22(11-9-21)18(24)16-6-3-7-19-16/h3,6-7,14-15,19H,2,4-5,8-13H2,1H3,(H,20,23)/t14-,15-/m1/s1. The van der Waals surface area contributed by atoms with Crippen molar-refractivity contribution in [3.63, 3.8) is 0 Å². The number of carbonyl (C=O) groups is 2. The van der Waals surface area contributed by atoms with E-state index in [9.17, 15) is 9.59 Å². The number of rotatable bonds is 4. The lowest BCUT2D eigenvalue weighted by Gasteiger charge is -2.34. The summed E-state index contributed by atoms with van der Waals surface area (Å²) < 4.78 is 0. The molecule has 6 nitrogen and oxygen atoms in total. The first-order valence-electron chi connectivity index (χ1n) is 9.06. The Hall–Kier alpha value is -1.82. The number of amides is 2. The van der Waals surface area contributed by atoms with Crippen molar-refractivity contribution in [2.24, 2.45) is 5.92 Å². The molecule has 0 bridgehead atoms. The van der Waals surface area contributed by atoms with Crippen molar-refractivity contribution in [3.8, 4) is 0 Å². The highest BCUT2D eigenvalue weighted by Crippen LogP contribution is 2.23. The van der Waals surface area contributed by atoms with Crippen molar-refractivity contribution in [1.29, 1.82) is 0 Å². The van der Waals surface area contributed by atoms with Crippen molar-refractivity contribution in [2.75, 3.05) is 32.7 Å². The molecule has 6 heteroatoms. The number of H-pyrrole nitrogens is 1. The van der Waals surface area contributed by atoms with Gasteiger partial charge in [0.05, 0.1) is 6.54 Å². The number of nitrogens with one attached hydrogen (secondary N) is 2. The van der Waals surface area contributed by atoms with Crippen LogP contribution in [-0.2, 0) is 4.79 Å². The first kappa shape index (κ1) is 17.0. The number of nitrogens with zero attached hydrogens (tertiary/aromatic N) is 2. The van der Waals surface area contributed by atoms with Gasteiger partial charge in [0.25, 0.3) is 5.91 Å². The Morgan fingerprint density at radius 3 is 2.71 bits per heavy atom. The van der Waals surface area contributed by atoms with E-state index in [1.807, 2.05) is 11.0 Å². The van der Waals surface area contributed by atoms with Crippen LogP contribution in [-0.4, -0.2) is 65.4 Å². The molecule has 1 aliphatic carbocycles. The van der Waals surface area contributed by atoms with Crippen LogP contribution in [0.3, 0.4) is 0 Å². The van der Waals surface area contributed by atoms with Crippen molar-refractivity contribution in [1.82, 2.24) is 20.1 Å².